The van der Waals surface area contributed by atoms with E-state index in [9.17, 15) is 9.59 Å². The highest BCUT2D eigenvalue weighted by atomic mass is 32.1. The summed E-state index contributed by atoms with van der Waals surface area (Å²) in [5.74, 6) is -2.51. The molecule has 0 spiro atoms. The maximum Gasteiger partial charge on any atom is 0.328 e. The monoisotopic (exact) mass is 190 g/mol. The van der Waals surface area contributed by atoms with E-state index in [1.54, 1.807) is 5.41 Å². The predicted molar refractivity (Wildman–Crippen MR) is 48.2 cm³/mol. The second-order valence-electron chi connectivity index (χ2n) is 1.49. The fourth-order valence-electron chi connectivity index (χ4n) is 0.143. The van der Waals surface area contributed by atoms with Crippen LogP contribution in [0.2, 0.25) is 0 Å². The van der Waals surface area contributed by atoms with Crippen molar-refractivity contribution in [2.24, 2.45) is 0 Å². The number of hydrogen-bond donors (Lipinski definition) is 3. The van der Waals surface area contributed by atoms with Crippen molar-refractivity contribution in [2.45, 2.75) is 6.92 Å². The molecule has 0 radical (unpaired) electrons. The summed E-state index contributed by atoms with van der Waals surface area (Å²) in [6.07, 6.45) is 2.98. The first-order valence-corrected chi connectivity index (χ1v) is 3.45. The molecule has 68 valence electrons. The van der Waals surface area contributed by atoms with E-state index in [0.29, 0.717) is 12.2 Å². The molecule has 0 aromatic heterocycles. The zero-order chi connectivity index (χ0) is 9.98. The number of aliphatic carboxylic acids is 2. The topological polar surface area (TPSA) is 74.6 Å². The van der Waals surface area contributed by atoms with E-state index >= 15 is 0 Å². The Morgan fingerprint density at radius 3 is 1.50 bits per heavy atom. The third kappa shape index (κ3) is 23.3. The summed E-state index contributed by atoms with van der Waals surface area (Å²) >= 11 is 3.74. The van der Waals surface area contributed by atoms with Gasteiger partial charge in [-0.05, 0) is 12.3 Å². The van der Waals surface area contributed by atoms with Crippen LogP contribution in [0.15, 0.2) is 23.6 Å². The summed E-state index contributed by atoms with van der Waals surface area (Å²) in [6.45, 7) is 1.92. The third-order valence-electron chi connectivity index (χ3n) is 0.518. The lowest BCUT2D eigenvalue weighted by molar-refractivity contribution is -0.134. The molecule has 0 amide bonds. The summed E-state index contributed by atoms with van der Waals surface area (Å²) in [4.78, 5) is 19.1. The average Bonchev–Trinajstić information content (AvgIpc) is 2.01. The second-order valence-corrected chi connectivity index (χ2v) is 1.79. The molecule has 0 unspecified atom stereocenters. The Hall–Kier alpha value is -1.23. The highest BCUT2D eigenvalue weighted by Crippen LogP contribution is 1.70. The molecule has 0 rings (SSSR count). The summed E-state index contributed by atoms with van der Waals surface area (Å²) in [5, 5.41) is 17.3. The zero-order valence-electron chi connectivity index (χ0n) is 6.47. The normalized spacial score (nSPS) is 9.50. The van der Waals surface area contributed by atoms with E-state index in [1.807, 2.05) is 13.0 Å². The molecule has 12 heavy (non-hydrogen) atoms. The van der Waals surface area contributed by atoms with Gasteiger partial charge in [-0.15, -0.1) is 0 Å². The predicted octanol–water partition coefficient (Wildman–Crippen LogP) is 1.16. The van der Waals surface area contributed by atoms with Gasteiger partial charge in [0.2, 0.25) is 0 Å². The summed E-state index contributed by atoms with van der Waals surface area (Å²) in [6, 6.07) is 0. The minimum absolute atomic E-state index is 0.558. The summed E-state index contributed by atoms with van der Waals surface area (Å²) in [5.41, 5.74) is 0. The molecule has 2 N–H and O–H groups in total. The first-order valence-electron chi connectivity index (χ1n) is 2.94. The Labute approximate surface area is 75.6 Å². The first kappa shape index (κ1) is 13.4. The molecule has 4 nitrogen and oxygen atoms in total. The molecule has 0 saturated carbocycles. The number of thiol groups is 1. The van der Waals surface area contributed by atoms with E-state index in [2.05, 4.69) is 12.6 Å². The number of hydrogen-bond acceptors (Lipinski definition) is 3. The van der Waals surface area contributed by atoms with E-state index in [0.717, 1.165) is 0 Å². The van der Waals surface area contributed by atoms with Crippen LogP contribution in [0.3, 0.4) is 0 Å². The lowest BCUT2D eigenvalue weighted by atomic mass is 10.5. The average molecular weight is 190 g/mol. The Morgan fingerprint density at radius 1 is 1.17 bits per heavy atom. The third-order valence-corrected chi connectivity index (χ3v) is 0.816. The maximum atomic E-state index is 9.55. The van der Waals surface area contributed by atoms with Crippen molar-refractivity contribution < 1.29 is 19.8 Å². The van der Waals surface area contributed by atoms with Gasteiger partial charge in [0.15, 0.2) is 0 Å². The summed E-state index contributed by atoms with van der Waals surface area (Å²) in [7, 11) is 0. The van der Waals surface area contributed by atoms with Crippen molar-refractivity contribution in [1.82, 2.24) is 0 Å². The number of rotatable bonds is 2. The van der Waals surface area contributed by atoms with Crippen LogP contribution in [0, 0.1) is 0 Å². The molecule has 5 heteroatoms. The van der Waals surface area contributed by atoms with Crippen LogP contribution in [0.25, 0.3) is 0 Å². The lowest BCUT2D eigenvalue weighted by Gasteiger charge is -1.74. The minimum atomic E-state index is -1.26. The highest BCUT2D eigenvalue weighted by molar-refractivity contribution is 7.83. The highest BCUT2D eigenvalue weighted by Gasteiger charge is 1.88. The molecule has 0 fully saturated rings. The van der Waals surface area contributed by atoms with Gasteiger partial charge in [0.05, 0.1) is 0 Å². The van der Waals surface area contributed by atoms with Crippen LogP contribution in [0.5, 0.6) is 0 Å². The van der Waals surface area contributed by atoms with Crippen LogP contribution in [0.1, 0.15) is 6.92 Å². The van der Waals surface area contributed by atoms with Gasteiger partial charge in [0.25, 0.3) is 0 Å². The van der Waals surface area contributed by atoms with E-state index in [4.69, 9.17) is 10.2 Å². The van der Waals surface area contributed by atoms with E-state index < -0.39 is 11.9 Å². The molecule has 0 aromatic rings. The summed E-state index contributed by atoms with van der Waals surface area (Å²) < 4.78 is 0. The van der Waals surface area contributed by atoms with Crippen molar-refractivity contribution in [3.63, 3.8) is 0 Å². The van der Waals surface area contributed by atoms with Crippen LogP contribution >= 0.6 is 12.6 Å². The van der Waals surface area contributed by atoms with Crippen molar-refractivity contribution in [1.29, 1.82) is 0 Å². The largest absolute Gasteiger partial charge is 0.478 e. The van der Waals surface area contributed by atoms with Gasteiger partial charge in [0, 0.05) is 12.2 Å². The molecular weight excluding hydrogens is 180 g/mol. The van der Waals surface area contributed by atoms with Crippen LogP contribution in [-0.2, 0) is 9.59 Å². The number of carboxylic acids is 2. The van der Waals surface area contributed by atoms with Crippen LogP contribution in [0.4, 0.5) is 0 Å². The van der Waals surface area contributed by atoms with Crippen molar-refractivity contribution in [3.8, 4) is 0 Å². The van der Waals surface area contributed by atoms with E-state index in [1.165, 1.54) is 0 Å². The quantitative estimate of drug-likeness (QED) is 0.451. The van der Waals surface area contributed by atoms with E-state index in [-0.39, 0.29) is 0 Å². The molecular formula is C7H10O4S. The molecule has 0 aliphatic heterocycles. The van der Waals surface area contributed by atoms with Gasteiger partial charge < -0.3 is 10.2 Å². The number of allylic oxidation sites excluding steroid dienone is 1. The Balaban J connectivity index is 0. The van der Waals surface area contributed by atoms with Gasteiger partial charge in [-0.1, -0.05) is 6.08 Å². The molecule has 0 atom stereocenters. The van der Waals surface area contributed by atoms with Crippen LogP contribution in [-0.4, -0.2) is 22.2 Å². The molecule has 0 aromatic carbocycles. The molecule has 0 saturated heterocycles. The SMILES string of the molecule is CC=CS.O=C(O)/C=C/C(=O)O. The second kappa shape index (κ2) is 9.77. The standard InChI is InChI=1S/C4H4O4.C3H6S/c5-3(6)1-2-4(7)8;1-2-3-4/h1-2H,(H,5,6)(H,7,8);2-4H,1H3/b2-1+;. The smallest absolute Gasteiger partial charge is 0.328 e. The maximum absolute atomic E-state index is 9.55. The zero-order valence-corrected chi connectivity index (χ0v) is 7.36. The molecule has 0 bridgehead atoms. The number of carboxylic acid groups (broad SMARTS) is 2. The van der Waals surface area contributed by atoms with Gasteiger partial charge >= 0.3 is 11.9 Å². The fraction of sp³-hybridized carbons (Fsp3) is 0.143. The number of carbonyl (C=O) groups is 2. The molecule has 0 heterocycles. The lowest BCUT2D eigenvalue weighted by Crippen LogP contribution is -1.91. The van der Waals surface area contributed by atoms with Gasteiger partial charge in [-0.2, -0.15) is 12.6 Å². The molecule has 0 aliphatic rings. The van der Waals surface area contributed by atoms with Gasteiger partial charge in [-0.3, -0.25) is 0 Å². The van der Waals surface area contributed by atoms with Gasteiger partial charge in [0.1, 0.15) is 0 Å². The Bertz CT molecular complexity index is 176. The minimum Gasteiger partial charge on any atom is -0.478 e. The van der Waals surface area contributed by atoms with Crippen molar-refractivity contribution >= 4 is 24.6 Å². The van der Waals surface area contributed by atoms with Crippen molar-refractivity contribution in [3.05, 3.63) is 23.6 Å². The Morgan fingerprint density at radius 2 is 1.42 bits per heavy atom. The van der Waals surface area contributed by atoms with Crippen LogP contribution < -0.4 is 0 Å². The Kier molecular flexibility index (Phi) is 10.9. The molecule has 0 aliphatic carbocycles. The fourth-order valence-corrected chi connectivity index (χ4v) is 0.143. The van der Waals surface area contributed by atoms with Crippen molar-refractivity contribution in [2.75, 3.05) is 0 Å². The van der Waals surface area contributed by atoms with Gasteiger partial charge in [-0.25, -0.2) is 9.59 Å². The first-order chi connectivity index (χ1) is 5.54.